The molecule has 0 atom stereocenters. The fraction of sp³-hybridized carbons (Fsp3) is 0.167. The van der Waals surface area contributed by atoms with Gasteiger partial charge in [0.15, 0.2) is 0 Å². The molecule has 0 aliphatic carbocycles. The lowest BCUT2D eigenvalue weighted by molar-refractivity contribution is 0.327. The Morgan fingerprint density at radius 3 is 2.67 bits per heavy atom. The van der Waals surface area contributed by atoms with Gasteiger partial charge in [-0.2, -0.15) is 0 Å². The molecule has 2 aromatic heterocycles. The quantitative estimate of drug-likeness (QED) is 0.868. The molecule has 7 nitrogen and oxygen atoms in total. The van der Waals surface area contributed by atoms with Crippen molar-refractivity contribution in [1.29, 1.82) is 0 Å². The van der Waals surface area contributed by atoms with Crippen LogP contribution in [0.25, 0.3) is 0 Å². The maximum Gasteiger partial charge on any atom is 0.263 e. The van der Waals surface area contributed by atoms with Crippen molar-refractivity contribution in [3.05, 3.63) is 35.6 Å². The molecule has 0 saturated heterocycles. The third-order valence-electron chi connectivity index (χ3n) is 2.44. The number of rotatable bonds is 5. The van der Waals surface area contributed by atoms with Crippen LogP contribution in [0.15, 0.2) is 35.5 Å². The van der Waals surface area contributed by atoms with Gasteiger partial charge >= 0.3 is 0 Å². The van der Waals surface area contributed by atoms with Crippen molar-refractivity contribution in [3.8, 4) is 5.88 Å². The number of aromatic nitrogens is 2. The van der Waals surface area contributed by atoms with E-state index in [-0.39, 0.29) is 15.7 Å². The summed E-state index contributed by atoms with van der Waals surface area (Å²) in [7, 11) is -3.81. The molecule has 112 valence electrons. The van der Waals surface area contributed by atoms with Crippen molar-refractivity contribution in [3.63, 3.8) is 0 Å². The first kappa shape index (κ1) is 15.3. The summed E-state index contributed by atoms with van der Waals surface area (Å²) < 4.78 is 31.9. The van der Waals surface area contributed by atoms with Crippen LogP contribution in [-0.2, 0) is 10.0 Å². The maximum atomic E-state index is 12.2. The van der Waals surface area contributed by atoms with Crippen LogP contribution in [0.2, 0.25) is 5.02 Å². The Hall–Kier alpha value is -2.06. The smallest absolute Gasteiger partial charge is 0.263 e. The van der Waals surface area contributed by atoms with Gasteiger partial charge in [0.1, 0.15) is 10.7 Å². The number of pyridine rings is 2. The van der Waals surface area contributed by atoms with E-state index in [0.29, 0.717) is 18.2 Å². The van der Waals surface area contributed by atoms with Gasteiger partial charge in [-0.15, -0.1) is 0 Å². The normalized spacial score (nSPS) is 11.1. The number of nitrogen functional groups attached to an aromatic ring is 1. The Labute approximate surface area is 127 Å². The second-order valence-corrected chi connectivity index (χ2v) is 6.05. The summed E-state index contributed by atoms with van der Waals surface area (Å²) in [5.41, 5.74) is 5.75. The van der Waals surface area contributed by atoms with Crippen LogP contribution in [0, 0.1) is 0 Å². The molecule has 0 aromatic carbocycles. The van der Waals surface area contributed by atoms with Gasteiger partial charge in [-0.3, -0.25) is 4.72 Å². The molecule has 2 rings (SSSR count). The minimum Gasteiger partial charge on any atom is -0.478 e. The highest BCUT2D eigenvalue weighted by molar-refractivity contribution is 7.92. The number of halogens is 1. The predicted molar refractivity (Wildman–Crippen MR) is 79.9 cm³/mol. The van der Waals surface area contributed by atoms with Gasteiger partial charge in [-0.1, -0.05) is 11.6 Å². The van der Waals surface area contributed by atoms with Crippen molar-refractivity contribution in [2.24, 2.45) is 0 Å². The topological polar surface area (TPSA) is 107 Å². The van der Waals surface area contributed by atoms with E-state index in [4.69, 9.17) is 22.1 Å². The average molecular weight is 329 g/mol. The highest BCUT2D eigenvalue weighted by atomic mass is 35.5. The van der Waals surface area contributed by atoms with Crippen molar-refractivity contribution < 1.29 is 13.2 Å². The van der Waals surface area contributed by atoms with Crippen molar-refractivity contribution in [2.45, 2.75) is 11.8 Å². The van der Waals surface area contributed by atoms with Crippen LogP contribution in [-0.4, -0.2) is 25.0 Å². The van der Waals surface area contributed by atoms with E-state index in [1.54, 1.807) is 12.1 Å². The van der Waals surface area contributed by atoms with Gasteiger partial charge in [0.25, 0.3) is 10.0 Å². The Kier molecular flexibility index (Phi) is 4.49. The molecule has 0 spiro atoms. The minimum absolute atomic E-state index is 0.0679. The number of anilines is 2. The molecule has 0 unspecified atom stereocenters. The Morgan fingerprint density at radius 1 is 1.33 bits per heavy atom. The molecule has 3 N–H and O–H groups in total. The second-order valence-electron chi connectivity index (χ2n) is 3.96. The lowest BCUT2D eigenvalue weighted by Crippen LogP contribution is -2.13. The number of nitrogens with one attached hydrogen (secondary N) is 1. The number of nitrogens with two attached hydrogens (primary N) is 1. The fourth-order valence-corrected chi connectivity index (χ4v) is 2.71. The summed E-state index contributed by atoms with van der Waals surface area (Å²) in [4.78, 5) is 7.60. The summed E-state index contributed by atoms with van der Waals surface area (Å²) in [6, 6.07) is 4.34. The first-order valence-corrected chi connectivity index (χ1v) is 7.81. The van der Waals surface area contributed by atoms with Crippen LogP contribution in [0.5, 0.6) is 5.88 Å². The average Bonchev–Trinajstić information content (AvgIpc) is 2.44. The third kappa shape index (κ3) is 3.73. The molecule has 0 radical (unpaired) electrons. The molecule has 0 aliphatic rings. The molecular weight excluding hydrogens is 316 g/mol. The fourth-order valence-electron chi connectivity index (χ4n) is 1.47. The van der Waals surface area contributed by atoms with E-state index < -0.39 is 10.0 Å². The Balaban J connectivity index is 2.22. The molecular formula is C12H13ClN4O3S. The zero-order valence-corrected chi connectivity index (χ0v) is 12.6. The second kappa shape index (κ2) is 6.15. The summed E-state index contributed by atoms with van der Waals surface area (Å²) >= 11 is 5.77. The lowest BCUT2D eigenvalue weighted by Gasteiger charge is -2.09. The predicted octanol–water partition coefficient (Wildman–Crippen LogP) is 1.91. The van der Waals surface area contributed by atoms with Gasteiger partial charge in [0.2, 0.25) is 5.88 Å². The number of nitrogens with zero attached hydrogens (tertiary/aromatic N) is 2. The van der Waals surface area contributed by atoms with Gasteiger partial charge in [0, 0.05) is 12.3 Å². The first-order chi connectivity index (χ1) is 9.92. The van der Waals surface area contributed by atoms with E-state index in [1.165, 1.54) is 12.3 Å². The van der Waals surface area contributed by atoms with Crippen molar-refractivity contribution >= 4 is 33.1 Å². The molecule has 2 aromatic rings. The molecule has 0 amide bonds. The van der Waals surface area contributed by atoms with Gasteiger partial charge < -0.3 is 10.5 Å². The van der Waals surface area contributed by atoms with E-state index >= 15 is 0 Å². The van der Waals surface area contributed by atoms with E-state index in [0.717, 1.165) is 6.20 Å². The zero-order chi connectivity index (χ0) is 15.5. The lowest BCUT2D eigenvalue weighted by atomic mass is 10.4. The van der Waals surface area contributed by atoms with Gasteiger partial charge in [0.05, 0.1) is 23.5 Å². The summed E-state index contributed by atoms with van der Waals surface area (Å²) in [5.74, 6) is 0.482. The monoisotopic (exact) mass is 328 g/mol. The first-order valence-electron chi connectivity index (χ1n) is 5.95. The molecule has 0 fully saturated rings. The molecule has 21 heavy (non-hydrogen) atoms. The Bertz CT molecular complexity index is 735. The van der Waals surface area contributed by atoms with E-state index in [2.05, 4.69) is 14.7 Å². The molecule has 2 heterocycles. The molecule has 0 aliphatic heterocycles. The van der Waals surface area contributed by atoms with Gasteiger partial charge in [-0.05, 0) is 19.1 Å². The van der Waals surface area contributed by atoms with Crippen LogP contribution >= 0.6 is 11.6 Å². The number of hydrogen-bond donors (Lipinski definition) is 2. The molecule has 0 saturated carbocycles. The molecule has 0 bridgehead atoms. The SMILES string of the molecule is CCOc1ccc(NS(=O)(=O)c2cnc(N)c(Cl)c2)cn1. The zero-order valence-electron chi connectivity index (χ0n) is 11.1. The number of hydrogen-bond acceptors (Lipinski definition) is 6. The highest BCUT2D eigenvalue weighted by Gasteiger charge is 2.16. The summed E-state index contributed by atoms with van der Waals surface area (Å²) in [6.07, 6.45) is 2.49. The largest absolute Gasteiger partial charge is 0.478 e. The van der Waals surface area contributed by atoms with E-state index in [1.807, 2.05) is 6.92 Å². The van der Waals surface area contributed by atoms with Gasteiger partial charge in [-0.25, -0.2) is 18.4 Å². The van der Waals surface area contributed by atoms with Crippen LogP contribution in [0.1, 0.15) is 6.92 Å². The summed E-state index contributed by atoms with van der Waals surface area (Å²) in [5, 5.41) is 0.0719. The van der Waals surface area contributed by atoms with Crippen LogP contribution in [0.4, 0.5) is 11.5 Å². The highest BCUT2D eigenvalue weighted by Crippen LogP contribution is 2.22. The van der Waals surface area contributed by atoms with Crippen molar-refractivity contribution in [2.75, 3.05) is 17.1 Å². The van der Waals surface area contributed by atoms with Crippen LogP contribution < -0.4 is 15.2 Å². The summed E-state index contributed by atoms with van der Waals surface area (Å²) in [6.45, 7) is 2.31. The maximum absolute atomic E-state index is 12.2. The standard InChI is InChI=1S/C12H13ClN4O3S/c1-2-20-11-4-3-8(6-15-11)17-21(18,19)9-5-10(13)12(14)16-7-9/h3-7,17H,2H2,1H3,(H2,14,16). The Morgan fingerprint density at radius 2 is 2.10 bits per heavy atom. The third-order valence-corrected chi connectivity index (χ3v) is 4.09. The van der Waals surface area contributed by atoms with E-state index in [9.17, 15) is 8.42 Å². The minimum atomic E-state index is -3.81. The number of sulfonamides is 1. The molecule has 9 heteroatoms. The van der Waals surface area contributed by atoms with Crippen LogP contribution in [0.3, 0.4) is 0 Å². The number of ether oxygens (including phenoxy) is 1. The van der Waals surface area contributed by atoms with Crippen molar-refractivity contribution in [1.82, 2.24) is 9.97 Å².